The topological polar surface area (TPSA) is 37.4 Å². The second-order valence-corrected chi connectivity index (χ2v) is 5.94. The molecule has 1 saturated heterocycles. The Morgan fingerprint density at radius 1 is 1.17 bits per heavy atom. The van der Waals surface area contributed by atoms with E-state index in [0.717, 1.165) is 12.1 Å². The summed E-state index contributed by atoms with van der Waals surface area (Å²) in [5.41, 5.74) is 1.44. The van der Waals surface area contributed by atoms with Crippen molar-refractivity contribution in [2.45, 2.75) is 12.8 Å². The van der Waals surface area contributed by atoms with Gasteiger partial charge in [-0.1, -0.05) is 17.7 Å². The van der Waals surface area contributed by atoms with Crippen molar-refractivity contribution < 1.29 is 14.0 Å². The number of anilines is 1. The summed E-state index contributed by atoms with van der Waals surface area (Å²) < 4.78 is 13.7. The van der Waals surface area contributed by atoms with Crippen LogP contribution in [0.4, 0.5) is 10.1 Å². The van der Waals surface area contributed by atoms with E-state index in [1.54, 1.807) is 35.2 Å². The first-order valence-electron chi connectivity index (χ1n) is 7.63. The van der Waals surface area contributed by atoms with Crippen molar-refractivity contribution in [3.63, 3.8) is 0 Å². The molecule has 1 fully saturated rings. The third-order valence-electron chi connectivity index (χ3n) is 3.94. The second kappa shape index (κ2) is 6.97. The summed E-state index contributed by atoms with van der Waals surface area (Å²) in [6, 6.07) is 11.2. The normalized spacial score (nSPS) is 14.6. The predicted molar refractivity (Wildman–Crippen MR) is 92.8 cm³/mol. The van der Waals surface area contributed by atoms with Crippen molar-refractivity contribution in [3.8, 4) is 0 Å². The highest BCUT2D eigenvalue weighted by Crippen LogP contribution is 2.23. The minimum Gasteiger partial charge on any atom is -0.312 e. The van der Waals surface area contributed by atoms with E-state index in [1.807, 2.05) is 0 Å². The third-order valence-corrected chi connectivity index (χ3v) is 4.27. The Bertz CT molecular complexity index is 794. The fraction of sp³-hybridized carbons (Fsp3) is 0.158. The molecule has 0 atom stereocenters. The van der Waals surface area contributed by atoms with Gasteiger partial charge in [0.25, 0.3) is 0 Å². The molecular formula is C19H15ClFNO2. The molecule has 1 aliphatic rings. The molecule has 0 spiro atoms. The summed E-state index contributed by atoms with van der Waals surface area (Å²) in [5.74, 6) is -0.633. The van der Waals surface area contributed by atoms with Gasteiger partial charge in [0.15, 0.2) is 5.78 Å². The Balaban J connectivity index is 1.76. The van der Waals surface area contributed by atoms with E-state index in [0.29, 0.717) is 18.5 Å². The van der Waals surface area contributed by atoms with Gasteiger partial charge in [-0.3, -0.25) is 9.59 Å². The van der Waals surface area contributed by atoms with E-state index >= 15 is 0 Å². The number of benzene rings is 2. The number of amides is 1. The van der Waals surface area contributed by atoms with Crippen molar-refractivity contribution in [1.29, 1.82) is 0 Å². The summed E-state index contributed by atoms with van der Waals surface area (Å²) in [4.78, 5) is 25.6. The van der Waals surface area contributed by atoms with Crippen molar-refractivity contribution in [1.82, 2.24) is 0 Å². The van der Waals surface area contributed by atoms with Gasteiger partial charge in [-0.15, -0.1) is 0 Å². The zero-order valence-corrected chi connectivity index (χ0v) is 13.6. The Hall–Kier alpha value is -2.46. The SMILES string of the molecule is O=C(/C=C/c1c(F)cccc1Cl)c1ccc(N2CCCC2=O)cc1. The summed E-state index contributed by atoms with van der Waals surface area (Å²) in [6.45, 7) is 0.706. The largest absolute Gasteiger partial charge is 0.312 e. The smallest absolute Gasteiger partial charge is 0.227 e. The van der Waals surface area contributed by atoms with Crippen LogP contribution in [0.25, 0.3) is 6.08 Å². The molecule has 5 heteroatoms. The van der Waals surface area contributed by atoms with E-state index < -0.39 is 5.82 Å². The summed E-state index contributed by atoms with van der Waals surface area (Å²) in [7, 11) is 0. The van der Waals surface area contributed by atoms with Crippen LogP contribution in [0.3, 0.4) is 0 Å². The van der Waals surface area contributed by atoms with Crippen LogP contribution in [-0.4, -0.2) is 18.2 Å². The van der Waals surface area contributed by atoms with E-state index in [9.17, 15) is 14.0 Å². The number of rotatable bonds is 4. The number of nitrogens with zero attached hydrogens (tertiary/aromatic N) is 1. The minimum absolute atomic E-state index is 0.100. The molecule has 3 rings (SSSR count). The lowest BCUT2D eigenvalue weighted by Gasteiger charge is -2.15. The average Bonchev–Trinajstić information content (AvgIpc) is 3.00. The van der Waals surface area contributed by atoms with Gasteiger partial charge in [-0.2, -0.15) is 0 Å². The molecule has 0 saturated carbocycles. The number of allylic oxidation sites excluding steroid dienone is 1. The molecule has 1 amide bonds. The number of ketones is 1. The van der Waals surface area contributed by atoms with Crippen LogP contribution in [0, 0.1) is 5.82 Å². The summed E-state index contributed by atoms with van der Waals surface area (Å²) in [5, 5.41) is 0.252. The van der Waals surface area contributed by atoms with Crippen LogP contribution in [-0.2, 0) is 4.79 Å². The van der Waals surface area contributed by atoms with Crippen LogP contribution < -0.4 is 4.90 Å². The number of carbonyl (C=O) groups is 2. The zero-order chi connectivity index (χ0) is 17.1. The van der Waals surface area contributed by atoms with Gasteiger partial charge in [-0.25, -0.2) is 4.39 Å². The van der Waals surface area contributed by atoms with Crippen LogP contribution in [0.1, 0.15) is 28.8 Å². The zero-order valence-electron chi connectivity index (χ0n) is 12.8. The molecule has 2 aromatic carbocycles. The molecular weight excluding hydrogens is 329 g/mol. The van der Waals surface area contributed by atoms with Gasteiger partial charge in [0.1, 0.15) is 5.82 Å². The van der Waals surface area contributed by atoms with Gasteiger partial charge >= 0.3 is 0 Å². The molecule has 0 N–H and O–H groups in total. The Labute approximate surface area is 144 Å². The molecule has 0 aliphatic carbocycles. The Morgan fingerprint density at radius 3 is 2.54 bits per heavy atom. The van der Waals surface area contributed by atoms with Gasteiger partial charge in [0, 0.05) is 29.8 Å². The first-order chi connectivity index (χ1) is 11.6. The van der Waals surface area contributed by atoms with Crippen LogP contribution >= 0.6 is 11.6 Å². The molecule has 3 nitrogen and oxygen atoms in total. The maximum atomic E-state index is 13.7. The standard InChI is InChI=1S/C19H15ClFNO2/c20-16-3-1-4-17(21)15(16)10-11-18(23)13-6-8-14(9-7-13)22-12-2-5-19(22)24/h1,3-4,6-11H,2,5,12H2/b11-10+. The molecule has 1 aliphatic heterocycles. The van der Waals surface area contributed by atoms with E-state index in [-0.39, 0.29) is 22.3 Å². The molecule has 122 valence electrons. The van der Waals surface area contributed by atoms with Crippen LogP contribution in [0.15, 0.2) is 48.5 Å². The highest BCUT2D eigenvalue weighted by molar-refractivity contribution is 6.32. The van der Waals surface area contributed by atoms with Gasteiger partial charge in [-0.05, 0) is 55.0 Å². The fourth-order valence-corrected chi connectivity index (χ4v) is 2.88. The number of hydrogen-bond acceptors (Lipinski definition) is 2. The van der Waals surface area contributed by atoms with Crippen LogP contribution in [0.2, 0.25) is 5.02 Å². The van der Waals surface area contributed by atoms with Crippen molar-refractivity contribution in [2.75, 3.05) is 11.4 Å². The highest BCUT2D eigenvalue weighted by Gasteiger charge is 2.21. The van der Waals surface area contributed by atoms with Crippen molar-refractivity contribution >= 4 is 35.1 Å². The molecule has 1 heterocycles. The van der Waals surface area contributed by atoms with E-state index in [4.69, 9.17) is 11.6 Å². The number of halogens is 2. The molecule has 0 unspecified atom stereocenters. The molecule has 0 radical (unpaired) electrons. The first-order valence-corrected chi connectivity index (χ1v) is 8.01. The van der Waals surface area contributed by atoms with Gasteiger partial charge in [0.05, 0.1) is 5.02 Å². The summed E-state index contributed by atoms with van der Waals surface area (Å²) in [6.07, 6.45) is 4.08. The van der Waals surface area contributed by atoms with Crippen LogP contribution in [0.5, 0.6) is 0 Å². The lowest BCUT2D eigenvalue weighted by atomic mass is 10.1. The maximum Gasteiger partial charge on any atom is 0.227 e. The van der Waals surface area contributed by atoms with Crippen molar-refractivity contribution in [2.24, 2.45) is 0 Å². The monoisotopic (exact) mass is 343 g/mol. The molecule has 0 aromatic heterocycles. The number of hydrogen-bond donors (Lipinski definition) is 0. The maximum absolute atomic E-state index is 13.7. The van der Waals surface area contributed by atoms with Crippen molar-refractivity contribution in [3.05, 3.63) is 70.5 Å². The average molecular weight is 344 g/mol. The third kappa shape index (κ3) is 3.39. The highest BCUT2D eigenvalue weighted by atomic mass is 35.5. The first kappa shape index (κ1) is 16.4. The lowest BCUT2D eigenvalue weighted by molar-refractivity contribution is -0.117. The fourth-order valence-electron chi connectivity index (χ4n) is 2.65. The quantitative estimate of drug-likeness (QED) is 0.605. The Kier molecular flexibility index (Phi) is 4.76. The molecule has 0 bridgehead atoms. The van der Waals surface area contributed by atoms with Gasteiger partial charge < -0.3 is 4.90 Å². The predicted octanol–water partition coefficient (Wildman–Crippen LogP) is 4.50. The van der Waals surface area contributed by atoms with E-state index in [1.165, 1.54) is 24.3 Å². The summed E-state index contributed by atoms with van der Waals surface area (Å²) >= 11 is 5.93. The van der Waals surface area contributed by atoms with Gasteiger partial charge in [0.2, 0.25) is 5.91 Å². The lowest BCUT2D eigenvalue weighted by Crippen LogP contribution is -2.23. The molecule has 2 aromatic rings. The minimum atomic E-state index is -0.477. The van der Waals surface area contributed by atoms with E-state index in [2.05, 4.69) is 0 Å². The molecule has 24 heavy (non-hydrogen) atoms. The Morgan fingerprint density at radius 2 is 1.92 bits per heavy atom. The second-order valence-electron chi connectivity index (χ2n) is 5.53. The number of carbonyl (C=O) groups excluding carboxylic acids is 2.